The van der Waals surface area contributed by atoms with Crippen LogP contribution in [0.15, 0.2) is 16.6 Å². The van der Waals surface area contributed by atoms with Gasteiger partial charge < -0.3 is 16.2 Å². The van der Waals surface area contributed by atoms with Crippen LogP contribution in [-0.2, 0) is 4.79 Å². The summed E-state index contributed by atoms with van der Waals surface area (Å²) >= 11 is 3.22. The van der Waals surface area contributed by atoms with Gasteiger partial charge in [0.2, 0.25) is 5.91 Å². The number of hydrogen-bond acceptors (Lipinski definition) is 5. The third kappa shape index (κ3) is 3.16. The highest BCUT2D eigenvalue weighted by Gasteiger charge is 2.42. The number of nitro benzene ring substituents is 1. The van der Waals surface area contributed by atoms with E-state index in [1.807, 2.05) is 0 Å². The lowest BCUT2D eigenvalue weighted by Crippen LogP contribution is -2.50. The van der Waals surface area contributed by atoms with Crippen LogP contribution in [0.4, 0.5) is 5.69 Å². The molecule has 0 saturated heterocycles. The molecule has 1 saturated carbocycles. The number of benzene rings is 1. The second kappa shape index (κ2) is 5.61. The van der Waals surface area contributed by atoms with E-state index >= 15 is 0 Å². The molecule has 114 valence electrons. The summed E-state index contributed by atoms with van der Waals surface area (Å²) in [4.78, 5) is 22.0. The van der Waals surface area contributed by atoms with Gasteiger partial charge in [-0.05, 0) is 31.4 Å². The first kappa shape index (κ1) is 15.7. The Hall–Kier alpha value is -1.67. The van der Waals surface area contributed by atoms with Crippen LogP contribution < -0.4 is 16.2 Å². The molecule has 0 radical (unpaired) electrons. The number of rotatable bonds is 4. The SMILES string of the molecule is Cc1cc(Br)cc([N+](=O)[O-])c1OC1CCC(N)(C(N)=O)C1. The Bertz CT molecular complexity index is 607. The Morgan fingerprint density at radius 2 is 2.24 bits per heavy atom. The van der Waals surface area contributed by atoms with Crippen LogP contribution in [0.3, 0.4) is 0 Å². The summed E-state index contributed by atoms with van der Waals surface area (Å²) in [5.41, 5.74) is 10.6. The van der Waals surface area contributed by atoms with E-state index in [4.69, 9.17) is 16.2 Å². The van der Waals surface area contributed by atoms with Gasteiger partial charge in [-0.1, -0.05) is 15.9 Å². The van der Waals surface area contributed by atoms with E-state index in [0.29, 0.717) is 22.9 Å². The molecule has 21 heavy (non-hydrogen) atoms. The first-order chi connectivity index (χ1) is 9.73. The van der Waals surface area contributed by atoms with Crippen LogP contribution in [0.2, 0.25) is 0 Å². The van der Waals surface area contributed by atoms with Crippen LogP contribution in [0.1, 0.15) is 24.8 Å². The predicted octanol–water partition coefficient (Wildman–Crippen LogP) is 1.78. The summed E-state index contributed by atoms with van der Waals surface area (Å²) < 4.78 is 6.36. The molecule has 0 aromatic heterocycles. The highest BCUT2D eigenvalue weighted by atomic mass is 79.9. The standard InChI is InChI=1S/C13H16BrN3O4/c1-7-4-8(14)5-10(17(19)20)11(7)21-9-2-3-13(16,6-9)12(15)18/h4-5,9H,2-3,6,16H2,1H3,(H2,15,18). The van der Waals surface area contributed by atoms with Crippen LogP contribution in [0.25, 0.3) is 0 Å². The number of carbonyl (C=O) groups excluding carboxylic acids is 1. The van der Waals surface area contributed by atoms with Gasteiger partial charge in [0, 0.05) is 17.0 Å². The zero-order valence-electron chi connectivity index (χ0n) is 11.5. The minimum atomic E-state index is -1.09. The van der Waals surface area contributed by atoms with Crippen molar-refractivity contribution in [2.24, 2.45) is 11.5 Å². The number of amides is 1. The topological polar surface area (TPSA) is 121 Å². The monoisotopic (exact) mass is 357 g/mol. The largest absolute Gasteiger partial charge is 0.483 e. The molecule has 7 nitrogen and oxygen atoms in total. The van der Waals surface area contributed by atoms with Gasteiger partial charge in [-0.3, -0.25) is 14.9 Å². The summed E-state index contributed by atoms with van der Waals surface area (Å²) in [5.74, 6) is -0.363. The fourth-order valence-electron chi connectivity index (χ4n) is 2.52. The molecule has 0 aliphatic heterocycles. The average Bonchev–Trinajstić information content (AvgIpc) is 2.75. The fourth-order valence-corrected chi connectivity index (χ4v) is 3.08. The molecule has 2 atom stereocenters. The molecule has 0 spiro atoms. The van der Waals surface area contributed by atoms with Crippen molar-refractivity contribution in [2.45, 2.75) is 37.8 Å². The summed E-state index contributed by atoms with van der Waals surface area (Å²) in [6.07, 6.45) is 0.846. The van der Waals surface area contributed by atoms with E-state index < -0.39 is 16.4 Å². The van der Waals surface area contributed by atoms with Crippen molar-refractivity contribution < 1.29 is 14.5 Å². The third-order valence-corrected chi connectivity index (χ3v) is 4.15. The van der Waals surface area contributed by atoms with E-state index in [1.165, 1.54) is 6.07 Å². The maximum atomic E-state index is 11.3. The number of nitrogens with zero attached hydrogens (tertiary/aromatic N) is 1. The molecule has 8 heteroatoms. The first-order valence-corrected chi connectivity index (χ1v) is 7.22. The number of hydrogen-bond donors (Lipinski definition) is 2. The number of carbonyl (C=O) groups is 1. The third-order valence-electron chi connectivity index (χ3n) is 3.70. The van der Waals surface area contributed by atoms with Gasteiger partial charge in [0.1, 0.15) is 6.10 Å². The minimum Gasteiger partial charge on any atom is -0.483 e. The Balaban J connectivity index is 2.25. The van der Waals surface area contributed by atoms with Gasteiger partial charge in [0.25, 0.3) is 0 Å². The molecule has 2 rings (SSSR count). The number of nitrogens with two attached hydrogens (primary N) is 2. The summed E-state index contributed by atoms with van der Waals surface area (Å²) in [7, 11) is 0. The molecular formula is C13H16BrN3O4. The maximum absolute atomic E-state index is 11.3. The van der Waals surface area contributed by atoms with Crippen molar-refractivity contribution >= 4 is 27.5 Å². The minimum absolute atomic E-state index is 0.115. The smallest absolute Gasteiger partial charge is 0.312 e. The van der Waals surface area contributed by atoms with Crippen molar-refractivity contribution in [1.82, 2.24) is 0 Å². The van der Waals surface area contributed by atoms with Gasteiger partial charge in [0.05, 0.1) is 10.5 Å². The normalized spacial score (nSPS) is 24.8. The lowest BCUT2D eigenvalue weighted by Gasteiger charge is -2.20. The van der Waals surface area contributed by atoms with Gasteiger partial charge >= 0.3 is 5.69 Å². The number of primary amides is 1. The van der Waals surface area contributed by atoms with Crippen molar-refractivity contribution in [2.75, 3.05) is 0 Å². The Labute approximate surface area is 129 Å². The van der Waals surface area contributed by atoms with E-state index in [1.54, 1.807) is 13.0 Å². The number of aryl methyl sites for hydroxylation is 1. The number of ether oxygens (including phenoxy) is 1. The van der Waals surface area contributed by atoms with Crippen molar-refractivity contribution in [3.63, 3.8) is 0 Å². The molecule has 1 aliphatic carbocycles. The maximum Gasteiger partial charge on any atom is 0.312 e. The molecule has 1 aliphatic rings. The van der Waals surface area contributed by atoms with Crippen molar-refractivity contribution in [3.05, 3.63) is 32.3 Å². The first-order valence-electron chi connectivity index (χ1n) is 6.43. The molecule has 2 unspecified atom stereocenters. The molecule has 4 N–H and O–H groups in total. The lowest BCUT2D eigenvalue weighted by atomic mass is 9.99. The van der Waals surface area contributed by atoms with E-state index in [9.17, 15) is 14.9 Å². The molecular weight excluding hydrogens is 342 g/mol. The molecule has 1 aromatic rings. The van der Waals surface area contributed by atoms with Crippen LogP contribution in [0, 0.1) is 17.0 Å². The zero-order valence-corrected chi connectivity index (χ0v) is 13.1. The Morgan fingerprint density at radius 3 is 2.76 bits per heavy atom. The summed E-state index contributed by atoms with van der Waals surface area (Å²) in [6, 6.07) is 3.13. The van der Waals surface area contributed by atoms with E-state index in [0.717, 1.165) is 0 Å². The lowest BCUT2D eigenvalue weighted by molar-refractivity contribution is -0.386. The quantitative estimate of drug-likeness (QED) is 0.628. The molecule has 1 fully saturated rings. The zero-order chi connectivity index (χ0) is 15.8. The Kier molecular flexibility index (Phi) is 4.20. The second-order valence-electron chi connectivity index (χ2n) is 5.33. The summed E-state index contributed by atoms with van der Waals surface area (Å²) in [6.45, 7) is 1.73. The number of nitro groups is 1. The number of halogens is 1. The van der Waals surface area contributed by atoms with Crippen LogP contribution in [-0.4, -0.2) is 22.5 Å². The van der Waals surface area contributed by atoms with E-state index in [-0.39, 0.29) is 24.0 Å². The Morgan fingerprint density at radius 1 is 1.57 bits per heavy atom. The molecule has 0 bridgehead atoms. The van der Waals surface area contributed by atoms with Crippen LogP contribution in [0.5, 0.6) is 5.75 Å². The highest BCUT2D eigenvalue weighted by Crippen LogP contribution is 2.38. The summed E-state index contributed by atoms with van der Waals surface area (Å²) in [5, 5.41) is 11.1. The molecule has 1 amide bonds. The van der Waals surface area contributed by atoms with Gasteiger partial charge in [-0.15, -0.1) is 0 Å². The van der Waals surface area contributed by atoms with Gasteiger partial charge in [-0.2, -0.15) is 0 Å². The molecule has 1 aromatic carbocycles. The predicted molar refractivity (Wildman–Crippen MR) is 79.9 cm³/mol. The fraction of sp³-hybridized carbons (Fsp3) is 0.462. The van der Waals surface area contributed by atoms with Gasteiger partial charge in [0.15, 0.2) is 5.75 Å². The average molecular weight is 358 g/mol. The molecule has 0 heterocycles. The van der Waals surface area contributed by atoms with E-state index in [2.05, 4.69) is 15.9 Å². The van der Waals surface area contributed by atoms with Crippen LogP contribution >= 0.6 is 15.9 Å². The second-order valence-corrected chi connectivity index (χ2v) is 6.25. The van der Waals surface area contributed by atoms with Gasteiger partial charge in [-0.25, -0.2) is 0 Å². The highest BCUT2D eigenvalue weighted by molar-refractivity contribution is 9.10. The van der Waals surface area contributed by atoms with Crippen molar-refractivity contribution in [1.29, 1.82) is 0 Å². The van der Waals surface area contributed by atoms with Crippen molar-refractivity contribution in [3.8, 4) is 5.75 Å².